The Bertz CT molecular complexity index is 983. The molecule has 1 fully saturated rings. The summed E-state index contributed by atoms with van der Waals surface area (Å²) in [6.45, 7) is 0.419. The number of carboxylic acid groups (broad SMARTS) is 1. The number of rotatable bonds is 3. The van der Waals surface area contributed by atoms with Gasteiger partial charge in [0.1, 0.15) is 0 Å². The van der Waals surface area contributed by atoms with E-state index in [9.17, 15) is 27.9 Å². The van der Waals surface area contributed by atoms with Crippen molar-refractivity contribution in [3.63, 3.8) is 0 Å². The number of amides is 2. The highest BCUT2D eigenvalue weighted by molar-refractivity contribution is 9.10. The molecule has 1 aliphatic rings. The summed E-state index contributed by atoms with van der Waals surface area (Å²) in [7, 11) is 1.55. The largest absolute Gasteiger partial charge is 0.465 e. The van der Waals surface area contributed by atoms with Crippen molar-refractivity contribution in [3.8, 4) is 0 Å². The minimum atomic E-state index is -4.58. The van der Waals surface area contributed by atoms with Crippen LogP contribution in [0, 0.1) is 0 Å². The molecule has 2 amide bonds. The topological polar surface area (TPSA) is 60.9 Å². The number of piperidine rings is 1. The molecule has 10 heteroatoms. The molecule has 1 saturated heterocycles. The Kier molecular flexibility index (Phi) is 7.00. The summed E-state index contributed by atoms with van der Waals surface area (Å²) in [5.41, 5.74) is -0.146. The molecule has 1 N–H and O–H groups in total. The second-order valence-corrected chi connectivity index (χ2v) is 9.22. The highest BCUT2D eigenvalue weighted by Crippen LogP contribution is 2.35. The minimum absolute atomic E-state index is 0.0839. The molecule has 5 nitrogen and oxygen atoms in total. The van der Waals surface area contributed by atoms with Gasteiger partial charge in [-0.3, -0.25) is 4.79 Å². The second kappa shape index (κ2) is 9.20. The van der Waals surface area contributed by atoms with Gasteiger partial charge in [0.2, 0.25) is 0 Å². The van der Waals surface area contributed by atoms with E-state index in [1.807, 2.05) is 24.3 Å². The van der Waals surface area contributed by atoms with E-state index in [4.69, 9.17) is 0 Å². The van der Waals surface area contributed by atoms with E-state index < -0.39 is 23.7 Å². The van der Waals surface area contributed by atoms with Gasteiger partial charge in [0.15, 0.2) is 0 Å². The molecule has 166 valence electrons. The fourth-order valence-corrected chi connectivity index (χ4v) is 4.60. The first-order valence-electron chi connectivity index (χ1n) is 9.35. The van der Waals surface area contributed by atoms with Gasteiger partial charge >= 0.3 is 12.3 Å². The third-order valence-electron chi connectivity index (χ3n) is 5.43. The summed E-state index contributed by atoms with van der Waals surface area (Å²) in [6.07, 6.45) is -5.25. The van der Waals surface area contributed by atoms with E-state index in [1.54, 1.807) is 7.05 Å². The number of carbonyl (C=O) groups excluding carboxylic acids is 1. The van der Waals surface area contributed by atoms with Crippen molar-refractivity contribution >= 4 is 43.9 Å². The third kappa shape index (κ3) is 5.41. The lowest BCUT2D eigenvalue weighted by atomic mass is 9.85. The summed E-state index contributed by atoms with van der Waals surface area (Å²) < 4.78 is 40.6. The van der Waals surface area contributed by atoms with Gasteiger partial charge in [-0.05, 0) is 42.3 Å². The Morgan fingerprint density at radius 3 is 2.32 bits per heavy atom. The van der Waals surface area contributed by atoms with Gasteiger partial charge in [0.25, 0.3) is 5.91 Å². The highest BCUT2D eigenvalue weighted by Gasteiger charge is 2.37. The van der Waals surface area contributed by atoms with Gasteiger partial charge in [-0.2, -0.15) is 13.2 Å². The number of benzene rings is 2. The van der Waals surface area contributed by atoms with Gasteiger partial charge in [-0.25, -0.2) is 4.79 Å². The van der Waals surface area contributed by atoms with Crippen LogP contribution >= 0.6 is 31.9 Å². The van der Waals surface area contributed by atoms with Crippen molar-refractivity contribution in [2.75, 3.05) is 20.1 Å². The number of halogens is 5. The summed E-state index contributed by atoms with van der Waals surface area (Å²) >= 11 is 6.42. The first kappa shape index (κ1) is 23.6. The standard InChI is InChI=1S/C21H19Br2F3N2O3/c1-27(19(29)13-8-14(21(24,25)26)10-16(23)9-13)18-6-7-28(20(30)31)11-17(18)12-2-4-15(22)5-3-12/h2-5,8-10,17-18H,6-7,11H2,1H3,(H,30,31). The number of likely N-dealkylation sites (tertiary alicyclic amines) is 1. The van der Waals surface area contributed by atoms with E-state index in [-0.39, 0.29) is 35.1 Å². The van der Waals surface area contributed by atoms with Gasteiger partial charge in [0, 0.05) is 46.6 Å². The van der Waals surface area contributed by atoms with E-state index >= 15 is 0 Å². The first-order valence-corrected chi connectivity index (χ1v) is 10.9. The molecule has 3 rings (SSSR count). The Balaban J connectivity index is 1.93. The van der Waals surface area contributed by atoms with E-state index in [0.717, 1.165) is 22.2 Å². The second-order valence-electron chi connectivity index (χ2n) is 7.39. The van der Waals surface area contributed by atoms with E-state index in [0.29, 0.717) is 6.42 Å². The van der Waals surface area contributed by atoms with Crippen molar-refractivity contribution in [1.82, 2.24) is 9.80 Å². The molecule has 2 unspecified atom stereocenters. The van der Waals surface area contributed by atoms with Crippen LogP contribution in [-0.4, -0.2) is 53.1 Å². The molecule has 0 spiro atoms. The van der Waals surface area contributed by atoms with Crippen molar-refractivity contribution in [2.24, 2.45) is 0 Å². The Hall–Kier alpha value is -2.07. The molecular weight excluding hydrogens is 545 g/mol. The molecule has 0 aliphatic carbocycles. The van der Waals surface area contributed by atoms with Crippen molar-refractivity contribution < 1.29 is 27.9 Å². The molecular formula is C21H19Br2F3N2O3. The summed E-state index contributed by atoms with van der Waals surface area (Å²) in [4.78, 5) is 27.4. The number of likely N-dealkylation sites (N-methyl/N-ethyl adjacent to an activating group) is 1. The maximum Gasteiger partial charge on any atom is 0.416 e. The number of carbonyl (C=O) groups is 2. The maximum atomic E-state index is 13.2. The zero-order valence-electron chi connectivity index (χ0n) is 16.4. The molecule has 2 atom stereocenters. The van der Waals surface area contributed by atoms with Crippen LogP contribution in [0.25, 0.3) is 0 Å². The van der Waals surface area contributed by atoms with Crippen LogP contribution in [0.2, 0.25) is 0 Å². The molecule has 1 aliphatic heterocycles. The minimum Gasteiger partial charge on any atom is -0.465 e. The van der Waals surface area contributed by atoms with Crippen LogP contribution < -0.4 is 0 Å². The number of hydrogen-bond acceptors (Lipinski definition) is 2. The van der Waals surface area contributed by atoms with Crippen LogP contribution in [0.15, 0.2) is 51.4 Å². The quantitative estimate of drug-likeness (QED) is 0.510. The molecule has 0 aromatic heterocycles. The molecule has 31 heavy (non-hydrogen) atoms. The lowest BCUT2D eigenvalue weighted by Crippen LogP contribution is -2.51. The summed E-state index contributed by atoms with van der Waals surface area (Å²) in [5.74, 6) is -0.871. The first-order chi connectivity index (χ1) is 14.5. The third-order valence-corrected chi connectivity index (χ3v) is 6.42. The van der Waals surface area contributed by atoms with Crippen molar-refractivity contribution in [3.05, 3.63) is 68.1 Å². The lowest BCUT2D eigenvalue weighted by Gasteiger charge is -2.42. The lowest BCUT2D eigenvalue weighted by molar-refractivity contribution is -0.137. The van der Waals surface area contributed by atoms with Gasteiger partial charge in [0.05, 0.1) is 5.56 Å². The van der Waals surface area contributed by atoms with Gasteiger partial charge in [-0.15, -0.1) is 0 Å². The van der Waals surface area contributed by atoms with Crippen LogP contribution in [0.3, 0.4) is 0 Å². The fraction of sp³-hybridized carbons (Fsp3) is 0.333. The average molecular weight is 564 g/mol. The molecule has 2 aromatic carbocycles. The molecule has 1 heterocycles. The Morgan fingerprint density at radius 1 is 1.10 bits per heavy atom. The Morgan fingerprint density at radius 2 is 1.74 bits per heavy atom. The van der Waals surface area contributed by atoms with Crippen LogP contribution in [-0.2, 0) is 6.18 Å². The number of alkyl halides is 3. The average Bonchev–Trinajstić information content (AvgIpc) is 2.71. The fourth-order valence-electron chi connectivity index (χ4n) is 3.85. The summed E-state index contributed by atoms with van der Waals surface area (Å²) in [6, 6.07) is 10.1. The zero-order valence-corrected chi connectivity index (χ0v) is 19.5. The van der Waals surface area contributed by atoms with Gasteiger partial charge < -0.3 is 14.9 Å². The highest BCUT2D eigenvalue weighted by atomic mass is 79.9. The number of nitrogens with zero attached hydrogens (tertiary/aromatic N) is 2. The SMILES string of the molecule is CN(C(=O)c1cc(Br)cc(C(F)(F)F)c1)C1CCN(C(=O)O)CC1c1ccc(Br)cc1. The molecule has 2 aromatic rings. The van der Waals surface area contributed by atoms with Crippen LogP contribution in [0.4, 0.5) is 18.0 Å². The molecule has 0 radical (unpaired) electrons. The molecule has 0 saturated carbocycles. The summed E-state index contributed by atoms with van der Waals surface area (Å²) in [5, 5.41) is 9.42. The van der Waals surface area contributed by atoms with E-state index in [2.05, 4.69) is 31.9 Å². The Labute approximate surface area is 194 Å². The van der Waals surface area contributed by atoms with Crippen LogP contribution in [0.1, 0.15) is 33.8 Å². The predicted molar refractivity (Wildman–Crippen MR) is 116 cm³/mol. The van der Waals surface area contributed by atoms with Crippen molar-refractivity contribution in [1.29, 1.82) is 0 Å². The number of hydrogen-bond donors (Lipinski definition) is 1. The van der Waals surface area contributed by atoms with Crippen molar-refractivity contribution in [2.45, 2.75) is 24.6 Å². The monoisotopic (exact) mass is 562 g/mol. The molecule has 0 bridgehead atoms. The normalized spacial score (nSPS) is 19.2. The zero-order chi connectivity index (χ0) is 22.9. The van der Waals surface area contributed by atoms with Gasteiger partial charge in [-0.1, -0.05) is 44.0 Å². The maximum absolute atomic E-state index is 13.2. The van der Waals surface area contributed by atoms with E-state index in [1.165, 1.54) is 15.9 Å². The predicted octanol–water partition coefficient (Wildman–Crippen LogP) is 5.84. The van der Waals surface area contributed by atoms with Crippen LogP contribution in [0.5, 0.6) is 0 Å². The smallest absolute Gasteiger partial charge is 0.416 e.